The maximum absolute atomic E-state index is 6.12. The summed E-state index contributed by atoms with van der Waals surface area (Å²) in [6.45, 7) is 1.86. The first-order chi connectivity index (χ1) is 8.74. The molecule has 2 atom stereocenters. The van der Waals surface area contributed by atoms with Gasteiger partial charge in [-0.3, -0.25) is 0 Å². The van der Waals surface area contributed by atoms with Gasteiger partial charge in [-0.15, -0.1) is 11.3 Å². The summed E-state index contributed by atoms with van der Waals surface area (Å²) in [5.41, 5.74) is 7.26. The second-order valence-corrected chi connectivity index (χ2v) is 6.38. The normalized spacial score (nSPS) is 27.2. The lowest BCUT2D eigenvalue weighted by Crippen LogP contribution is -2.28. The highest BCUT2D eigenvalue weighted by atomic mass is 32.1. The molecule has 1 aromatic heterocycles. The van der Waals surface area contributed by atoms with Gasteiger partial charge in [-0.1, -0.05) is 0 Å². The van der Waals surface area contributed by atoms with Gasteiger partial charge >= 0.3 is 0 Å². The van der Waals surface area contributed by atoms with Crippen LogP contribution in [0, 0.1) is 0 Å². The molecule has 4 nitrogen and oxygen atoms in total. The average Bonchev–Trinajstić information content (AvgIpc) is 2.97. The number of anilines is 1. The Morgan fingerprint density at radius 1 is 1.44 bits per heavy atom. The van der Waals surface area contributed by atoms with Crippen molar-refractivity contribution >= 4 is 16.5 Å². The zero-order valence-corrected chi connectivity index (χ0v) is 11.7. The molecule has 1 aliphatic heterocycles. The average molecular weight is 267 g/mol. The molecule has 2 heterocycles. The Kier molecular flexibility index (Phi) is 3.54. The molecule has 0 aromatic carbocycles. The summed E-state index contributed by atoms with van der Waals surface area (Å²) in [6.07, 6.45) is 6.17. The Hall–Kier alpha value is -0.650. The lowest BCUT2D eigenvalue weighted by molar-refractivity contribution is 0.116. The second kappa shape index (κ2) is 5.15. The van der Waals surface area contributed by atoms with Crippen molar-refractivity contribution in [3.63, 3.8) is 0 Å². The van der Waals surface area contributed by atoms with Crippen LogP contribution in [0.4, 0.5) is 5.13 Å². The third kappa shape index (κ3) is 2.39. The first-order valence-corrected chi connectivity index (χ1v) is 7.63. The summed E-state index contributed by atoms with van der Waals surface area (Å²) in [6, 6.07) is 0.148. The molecule has 5 heteroatoms. The first-order valence-electron chi connectivity index (χ1n) is 6.82. The molecule has 0 amide bonds. The number of likely N-dealkylation sites (N-methyl/N-ethyl adjacent to an activating group) is 1. The van der Waals surface area contributed by atoms with Crippen molar-refractivity contribution in [2.75, 3.05) is 25.1 Å². The summed E-state index contributed by atoms with van der Waals surface area (Å²) in [5.74, 6) is 0. The van der Waals surface area contributed by atoms with E-state index in [4.69, 9.17) is 15.5 Å². The summed E-state index contributed by atoms with van der Waals surface area (Å²) >= 11 is 1.81. The molecule has 2 unspecified atom stereocenters. The first kappa shape index (κ1) is 12.4. The highest BCUT2D eigenvalue weighted by molar-refractivity contribution is 7.15. The van der Waals surface area contributed by atoms with Gasteiger partial charge in [0.1, 0.15) is 0 Å². The molecule has 2 aliphatic rings. The van der Waals surface area contributed by atoms with Gasteiger partial charge in [0.2, 0.25) is 0 Å². The smallest absolute Gasteiger partial charge is 0.185 e. The van der Waals surface area contributed by atoms with Gasteiger partial charge in [0, 0.05) is 31.1 Å². The maximum atomic E-state index is 6.12. The maximum Gasteiger partial charge on any atom is 0.185 e. The molecule has 100 valence electrons. The van der Waals surface area contributed by atoms with Gasteiger partial charge in [0.25, 0.3) is 0 Å². The Morgan fingerprint density at radius 3 is 3.06 bits per heavy atom. The molecule has 0 bridgehead atoms. The number of thiazole rings is 1. The van der Waals surface area contributed by atoms with Crippen LogP contribution < -0.4 is 10.6 Å². The van der Waals surface area contributed by atoms with E-state index in [0.29, 0.717) is 6.10 Å². The minimum absolute atomic E-state index is 0.148. The minimum atomic E-state index is 0.148. The van der Waals surface area contributed by atoms with Gasteiger partial charge in [0.05, 0.1) is 11.8 Å². The van der Waals surface area contributed by atoms with Crippen LogP contribution in [0.5, 0.6) is 0 Å². The molecule has 1 saturated heterocycles. The van der Waals surface area contributed by atoms with Gasteiger partial charge in [-0.25, -0.2) is 4.98 Å². The molecule has 1 aromatic rings. The summed E-state index contributed by atoms with van der Waals surface area (Å²) in [7, 11) is 2.11. The zero-order chi connectivity index (χ0) is 12.5. The molecule has 0 radical (unpaired) electrons. The summed E-state index contributed by atoms with van der Waals surface area (Å²) in [4.78, 5) is 8.36. The SMILES string of the molecule is CN(CC1CCCO1)c1nc2c(s1)CCCC2N. The van der Waals surface area contributed by atoms with E-state index in [9.17, 15) is 0 Å². The van der Waals surface area contributed by atoms with Gasteiger partial charge in [-0.05, 0) is 32.1 Å². The number of rotatable bonds is 3. The molecule has 2 N–H and O–H groups in total. The van der Waals surface area contributed by atoms with Crippen molar-refractivity contribution in [3.05, 3.63) is 10.6 Å². The minimum Gasteiger partial charge on any atom is -0.376 e. The topological polar surface area (TPSA) is 51.4 Å². The van der Waals surface area contributed by atoms with Crippen LogP contribution >= 0.6 is 11.3 Å². The number of nitrogens with zero attached hydrogens (tertiary/aromatic N) is 2. The van der Waals surface area contributed by atoms with E-state index in [0.717, 1.165) is 36.8 Å². The van der Waals surface area contributed by atoms with Gasteiger partial charge in [0.15, 0.2) is 5.13 Å². The van der Waals surface area contributed by atoms with E-state index in [1.165, 1.54) is 24.1 Å². The summed E-state index contributed by atoms with van der Waals surface area (Å²) < 4.78 is 5.68. The monoisotopic (exact) mass is 267 g/mol. The van der Waals surface area contributed by atoms with Crippen molar-refractivity contribution < 1.29 is 4.74 Å². The lowest BCUT2D eigenvalue weighted by atomic mass is 9.99. The number of aromatic nitrogens is 1. The highest BCUT2D eigenvalue weighted by Gasteiger charge is 2.24. The predicted molar refractivity (Wildman–Crippen MR) is 74.2 cm³/mol. The quantitative estimate of drug-likeness (QED) is 0.911. The predicted octanol–water partition coefficient (Wildman–Crippen LogP) is 2.09. The van der Waals surface area contributed by atoms with Crippen LogP contribution in [0.15, 0.2) is 0 Å². The molecular formula is C13H21N3OS. The van der Waals surface area contributed by atoms with Crippen LogP contribution in [0.2, 0.25) is 0 Å². The van der Waals surface area contributed by atoms with Crippen LogP contribution in [0.25, 0.3) is 0 Å². The number of nitrogens with two attached hydrogens (primary N) is 1. The van der Waals surface area contributed by atoms with Crippen molar-refractivity contribution in [2.45, 2.75) is 44.2 Å². The van der Waals surface area contributed by atoms with E-state index in [1.54, 1.807) is 0 Å². The zero-order valence-electron chi connectivity index (χ0n) is 10.9. The van der Waals surface area contributed by atoms with E-state index in [-0.39, 0.29) is 6.04 Å². The Balaban J connectivity index is 1.71. The van der Waals surface area contributed by atoms with Crippen LogP contribution in [0.1, 0.15) is 42.3 Å². The largest absolute Gasteiger partial charge is 0.376 e. The van der Waals surface area contributed by atoms with Crippen molar-refractivity contribution in [1.29, 1.82) is 0 Å². The fourth-order valence-corrected chi connectivity index (χ4v) is 3.92. The number of aryl methyl sites for hydroxylation is 1. The molecule has 3 rings (SSSR count). The fraction of sp³-hybridized carbons (Fsp3) is 0.769. The van der Waals surface area contributed by atoms with Crippen molar-refractivity contribution in [3.8, 4) is 0 Å². The lowest BCUT2D eigenvalue weighted by Gasteiger charge is -2.19. The summed E-state index contributed by atoms with van der Waals surface area (Å²) in [5, 5.41) is 1.10. The third-order valence-electron chi connectivity index (χ3n) is 3.81. The van der Waals surface area contributed by atoms with Gasteiger partial charge in [-0.2, -0.15) is 0 Å². The van der Waals surface area contributed by atoms with E-state index >= 15 is 0 Å². The van der Waals surface area contributed by atoms with Crippen molar-refractivity contribution in [1.82, 2.24) is 4.98 Å². The molecular weight excluding hydrogens is 246 g/mol. The Labute approximate surface area is 112 Å². The van der Waals surface area contributed by atoms with Crippen LogP contribution in [-0.4, -0.2) is 31.3 Å². The fourth-order valence-electron chi connectivity index (χ4n) is 2.77. The number of ether oxygens (including phenoxy) is 1. The molecule has 1 aliphatic carbocycles. The van der Waals surface area contributed by atoms with Crippen molar-refractivity contribution in [2.24, 2.45) is 5.73 Å². The molecule has 18 heavy (non-hydrogen) atoms. The van der Waals surface area contributed by atoms with E-state index in [2.05, 4.69) is 11.9 Å². The van der Waals surface area contributed by atoms with Crippen LogP contribution in [0.3, 0.4) is 0 Å². The van der Waals surface area contributed by atoms with E-state index < -0.39 is 0 Å². The second-order valence-electron chi connectivity index (χ2n) is 5.32. The standard InChI is InChI=1S/C13H21N3OS/c1-16(8-9-4-3-7-17-9)13-15-12-10(14)5-2-6-11(12)18-13/h9-10H,2-8,14H2,1H3. The number of hydrogen-bond donors (Lipinski definition) is 1. The van der Waals surface area contributed by atoms with Crippen LogP contribution in [-0.2, 0) is 11.2 Å². The molecule has 1 fully saturated rings. The Bertz CT molecular complexity index is 414. The molecule has 0 saturated carbocycles. The number of hydrogen-bond acceptors (Lipinski definition) is 5. The highest BCUT2D eigenvalue weighted by Crippen LogP contribution is 2.35. The third-order valence-corrected chi connectivity index (χ3v) is 5.06. The molecule has 0 spiro atoms. The number of fused-ring (bicyclic) bond motifs is 1. The Morgan fingerprint density at radius 2 is 2.33 bits per heavy atom. The van der Waals surface area contributed by atoms with E-state index in [1.807, 2.05) is 11.3 Å². The van der Waals surface area contributed by atoms with Gasteiger partial charge < -0.3 is 15.4 Å².